The van der Waals surface area contributed by atoms with E-state index in [1.165, 1.54) is 76.7 Å². The Kier molecular flexibility index (Phi) is 31.1. The van der Waals surface area contributed by atoms with Crippen LogP contribution in [0.3, 0.4) is 0 Å². The molecule has 0 aliphatic rings. The molecule has 4 unspecified atom stereocenters. The first-order valence-corrected chi connectivity index (χ1v) is 22.4. The van der Waals surface area contributed by atoms with E-state index in [1.807, 2.05) is 42.3 Å². The van der Waals surface area contributed by atoms with Crippen LogP contribution in [0.4, 0.5) is 0 Å². The van der Waals surface area contributed by atoms with Gasteiger partial charge in [0, 0.05) is 6.42 Å². The van der Waals surface area contributed by atoms with Gasteiger partial charge >= 0.3 is 17.9 Å². The second kappa shape index (κ2) is 32.5. The minimum absolute atomic E-state index is 0.252. The Morgan fingerprint density at radius 3 is 1.55 bits per heavy atom. The van der Waals surface area contributed by atoms with E-state index < -0.39 is 42.1 Å². The molecule has 0 radical (unpaired) electrons. The summed E-state index contributed by atoms with van der Waals surface area (Å²) < 4.78 is 13.1. The number of esters is 1. The number of quaternary nitrogens is 2. The lowest BCUT2D eigenvalue weighted by Gasteiger charge is -2.33. The van der Waals surface area contributed by atoms with E-state index in [1.54, 1.807) is 0 Å². The standard InChI is InChI=1S/C46H86N2O8/c1-9-11-13-15-17-19-21-23-25-27-29-31-39(49)33-34-42(46(53)54)43(38-48(6,7)8)55-40(32-30-28-26-24-22-20-18-16-14-12-10-2)36-45(52)56-41(35-44(50)51)37-47(3,4)5/h19,21,36,39,41-43,49H,9-18,20,22-35,37-38H2,1-8H3/p+2. The number of carbonyl (C=O) groups excluding carboxylic acids is 1. The Balaban J connectivity index is 5.64. The van der Waals surface area contributed by atoms with Gasteiger partial charge in [0.1, 0.15) is 18.8 Å². The molecule has 4 atom stereocenters. The first-order chi connectivity index (χ1) is 26.5. The van der Waals surface area contributed by atoms with Gasteiger partial charge in [0.25, 0.3) is 0 Å². The minimum Gasteiger partial charge on any atom is -0.488 e. The summed E-state index contributed by atoms with van der Waals surface area (Å²) in [5.41, 5.74) is 0. The molecular weight excluding hydrogens is 709 g/mol. The minimum atomic E-state index is -1.05. The third-order valence-corrected chi connectivity index (χ3v) is 10.1. The number of aliphatic hydroxyl groups is 1. The van der Waals surface area contributed by atoms with Crippen LogP contribution in [0.5, 0.6) is 0 Å². The number of carbonyl (C=O) groups is 3. The molecule has 0 saturated heterocycles. The highest BCUT2D eigenvalue weighted by atomic mass is 16.5. The molecular formula is C46H88N2O8+2. The lowest BCUT2D eigenvalue weighted by Crippen LogP contribution is -2.47. The van der Waals surface area contributed by atoms with Crippen molar-refractivity contribution in [3.05, 3.63) is 24.0 Å². The molecule has 3 N–H and O–H groups in total. The van der Waals surface area contributed by atoms with Gasteiger partial charge in [-0.2, -0.15) is 0 Å². The highest BCUT2D eigenvalue weighted by molar-refractivity contribution is 5.83. The van der Waals surface area contributed by atoms with Crippen LogP contribution in [0.2, 0.25) is 0 Å². The number of aliphatic hydroxyl groups excluding tert-OH is 1. The number of rotatable bonds is 38. The molecule has 0 aromatic heterocycles. The third-order valence-electron chi connectivity index (χ3n) is 10.1. The van der Waals surface area contributed by atoms with Gasteiger partial charge in [-0.1, -0.05) is 122 Å². The second-order valence-electron chi connectivity index (χ2n) is 18.3. The average Bonchev–Trinajstić information content (AvgIpc) is 3.07. The van der Waals surface area contributed by atoms with Crippen molar-refractivity contribution < 1.29 is 48.1 Å². The van der Waals surface area contributed by atoms with Crippen LogP contribution in [0.15, 0.2) is 24.0 Å². The molecule has 0 aliphatic heterocycles. The molecule has 0 amide bonds. The van der Waals surface area contributed by atoms with Gasteiger partial charge in [0.2, 0.25) is 0 Å². The Hall–Kier alpha value is -2.43. The summed E-state index contributed by atoms with van der Waals surface area (Å²) in [6.07, 6.45) is 28.3. The SMILES string of the molecule is CCCCCCC=CCCCCCC(O)CCC(C(=O)O)C(C[N+](C)(C)C)OC(=CC(=O)OC(CC(=O)O)C[N+](C)(C)C)CCCCCCCCCCCCC. The van der Waals surface area contributed by atoms with Gasteiger partial charge in [0.15, 0.2) is 12.2 Å². The fourth-order valence-corrected chi connectivity index (χ4v) is 7.12. The molecule has 0 spiro atoms. The van der Waals surface area contributed by atoms with E-state index in [9.17, 15) is 29.7 Å². The van der Waals surface area contributed by atoms with Gasteiger partial charge < -0.3 is 33.8 Å². The molecule has 0 rings (SSSR count). The Morgan fingerprint density at radius 1 is 0.589 bits per heavy atom. The highest BCUT2D eigenvalue weighted by Crippen LogP contribution is 2.25. The molecule has 10 nitrogen and oxygen atoms in total. The monoisotopic (exact) mass is 797 g/mol. The van der Waals surface area contributed by atoms with Crippen molar-refractivity contribution in [1.29, 1.82) is 0 Å². The van der Waals surface area contributed by atoms with Crippen LogP contribution < -0.4 is 0 Å². The van der Waals surface area contributed by atoms with Gasteiger partial charge in [-0.15, -0.1) is 0 Å². The van der Waals surface area contributed by atoms with Crippen LogP contribution in [0, 0.1) is 5.92 Å². The van der Waals surface area contributed by atoms with Crippen LogP contribution in [0.1, 0.15) is 174 Å². The summed E-state index contributed by atoms with van der Waals surface area (Å²) in [7, 11) is 11.7. The number of unbranched alkanes of at least 4 members (excludes halogenated alkanes) is 17. The molecule has 56 heavy (non-hydrogen) atoms. The Labute approximate surface area is 343 Å². The van der Waals surface area contributed by atoms with Crippen molar-refractivity contribution in [2.75, 3.05) is 55.4 Å². The lowest BCUT2D eigenvalue weighted by atomic mass is 9.92. The Morgan fingerprint density at radius 2 is 1.07 bits per heavy atom. The maximum atomic E-state index is 13.3. The van der Waals surface area contributed by atoms with Crippen LogP contribution >= 0.6 is 0 Å². The predicted molar refractivity (Wildman–Crippen MR) is 229 cm³/mol. The van der Waals surface area contributed by atoms with Gasteiger partial charge in [-0.3, -0.25) is 9.59 Å². The van der Waals surface area contributed by atoms with Crippen LogP contribution in [-0.2, 0) is 23.9 Å². The van der Waals surface area contributed by atoms with Crippen molar-refractivity contribution in [3.63, 3.8) is 0 Å². The quantitative estimate of drug-likeness (QED) is 0.0141. The van der Waals surface area contributed by atoms with E-state index in [0.717, 1.165) is 57.8 Å². The van der Waals surface area contributed by atoms with Crippen LogP contribution in [-0.4, -0.2) is 116 Å². The molecule has 0 aromatic carbocycles. The summed E-state index contributed by atoms with van der Waals surface area (Å²) >= 11 is 0. The van der Waals surface area contributed by atoms with Gasteiger partial charge in [-0.05, 0) is 51.4 Å². The molecule has 328 valence electrons. The maximum Gasteiger partial charge on any atom is 0.334 e. The summed E-state index contributed by atoms with van der Waals surface area (Å²) in [6.45, 7) is 5.17. The third kappa shape index (κ3) is 33.7. The summed E-state index contributed by atoms with van der Waals surface area (Å²) in [5.74, 6) is -3.24. The molecule has 0 fully saturated rings. The normalized spacial score (nSPS) is 14.8. The zero-order chi connectivity index (χ0) is 42.2. The number of nitrogens with zero attached hydrogens (tertiary/aromatic N) is 2. The molecule has 0 aromatic rings. The smallest absolute Gasteiger partial charge is 0.334 e. The molecule has 0 bridgehead atoms. The fraction of sp³-hybridized carbons (Fsp3) is 0.848. The summed E-state index contributed by atoms with van der Waals surface area (Å²) in [6, 6.07) is 0. The van der Waals surface area contributed by atoms with E-state index >= 15 is 0 Å². The lowest BCUT2D eigenvalue weighted by molar-refractivity contribution is -0.873. The van der Waals surface area contributed by atoms with E-state index in [0.29, 0.717) is 47.1 Å². The number of likely N-dealkylation sites (N-methyl/N-ethyl adjacent to an activating group) is 2. The Bertz CT molecular complexity index is 1080. The van der Waals surface area contributed by atoms with E-state index in [-0.39, 0.29) is 12.8 Å². The molecule has 0 saturated carbocycles. The van der Waals surface area contributed by atoms with Crippen molar-refractivity contribution >= 4 is 17.9 Å². The van der Waals surface area contributed by atoms with Gasteiger partial charge in [0.05, 0.1) is 66.8 Å². The number of ether oxygens (including phenoxy) is 2. The average molecular weight is 797 g/mol. The van der Waals surface area contributed by atoms with Crippen LogP contribution in [0.25, 0.3) is 0 Å². The number of allylic oxidation sites excluding steroid dienone is 3. The molecule has 0 heterocycles. The zero-order valence-electron chi connectivity index (χ0n) is 37.4. The van der Waals surface area contributed by atoms with E-state index in [2.05, 4.69) is 26.0 Å². The van der Waals surface area contributed by atoms with Crippen molar-refractivity contribution in [2.24, 2.45) is 5.92 Å². The zero-order valence-corrected chi connectivity index (χ0v) is 37.4. The van der Waals surface area contributed by atoms with Crippen molar-refractivity contribution in [1.82, 2.24) is 0 Å². The van der Waals surface area contributed by atoms with Crippen molar-refractivity contribution in [3.8, 4) is 0 Å². The largest absolute Gasteiger partial charge is 0.488 e. The fourth-order valence-electron chi connectivity index (χ4n) is 7.12. The molecule has 10 heteroatoms. The predicted octanol–water partition coefficient (Wildman–Crippen LogP) is 10.1. The second-order valence-corrected chi connectivity index (χ2v) is 18.3. The number of carboxylic acids is 2. The van der Waals surface area contributed by atoms with Crippen molar-refractivity contribution in [2.45, 2.75) is 193 Å². The summed E-state index contributed by atoms with van der Waals surface area (Å²) in [5, 5.41) is 30.8. The summed E-state index contributed by atoms with van der Waals surface area (Å²) in [4.78, 5) is 37.7. The number of hydrogen-bond donors (Lipinski definition) is 3. The highest BCUT2D eigenvalue weighted by Gasteiger charge is 2.35. The maximum absolute atomic E-state index is 13.3. The number of aliphatic carboxylic acids is 2. The number of carboxylic acid groups (broad SMARTS) is 2. The first-order valence-electron chi connectivity index (χ1n) is 22.4. The van der Waals surface area contributed by atoms with E-state index in [4.69, 9.17) is 9.47 Å². The topological polar surface area (TPSA) is 130 Å². The first kappa shape index (κ1) is 53.6. The molecule has 0 aliphatic carbocycles. The number of hydrogen-bond acceptors (Lipinski definition) is 6. The van der Waals surface area contributed by atoms with Gasteiger partial charge in [-0.25, -0.2) is 4.79 Å².